The largest absolute Gasteiger partial charge is 0.415 e. The lowest BCUT2D eigenvalue weighted by Crippen LogP contribution is -2.43. The van der Waals surface area contributed by atoms with Gasteiger partial charge in [0.15, 0.2) is 0 Å². The van der Waals surface area contributed by atoms with Gasteiger partial charge in [-0.3, -0.25) is 0 Å². The molecule has 1 N–H and O–H groups in total. The van der Waals surface area contributed by atoms with Crippen molar-refractivity contribution in [3.63, 3.8) is 0 Å². The minimum atomic E-state index is -2.83. The summed E-state index contributed by atoms with van der Waals surface area (Å²) >= 11 is 0. The number of carbonyl (C=O) groups excluding carboxylic acids is 1. The molecule has 6 rings (SSSR count). The zero-order chi connectivity index (χ0) is 27.5. The Hall–Kier alpha value is -4.71. The summed E-state index contributed by atoms with van der Waals surface area (Å²) in [6.07, 6.45) is 7.67. The van der Waals surface area contributed by atoms with Gasteiger partial charge in [-0.25, -0.2) is 9.48 Å². The first kappa shape index (κ1) is 25.6. The molecule has 1 saturated heterocycles. The first-order valence-electron chi connectivity index (χ1n) is 12.8. The number of amides is 2. The first-order valence-corrected chi connectivity index (χ1v) is 12.8. The Morgan fingerprint density at radius 3 is 2.55 bits per heavy atom. The number of hydrogen-bond acceptors (Lipinski definition) is 7. The van der Waals surface area contributed by atoms with Crippen LogP contribution in [0.2, 0.25) is 0 Å². The van der Waals surface area contributed by atoms with Crippen LogP contribution in [0.15, 0.2) is 83.4 Å². The molecule has 2 aromatic carbocycles. The summed E-state index contributed by atoms with van der Waals surface area (Å²) in [5, 5.41) is 19.0. The molecule has 1 atom stereocenters. The summed E-state index contributed by atoms with van der Waals surface area (Å²) < 4.78 is 38.0. The van der Waals surface area contributed by atoms with Crippen LogP contribution in [0.1, 0.15) is 24.3 Å². The van der Waals surface area contributed by atoms with Gasteiger partial charge in [0.1, 0.15) is 11.2 Å². The summed E-state index contributed by atoms with van der Waals surface area (Å²) in [6.45, 7) is 2.16. The zero-order valence-corrected chi connectivity index (χ0v) is 21.3. The van der Waals surface area contributed by atoms with Crippen LogP contribution in [0.3, 0.4) is 0 Å². The molecule has 0 saturated carbocycles. The second-order valence-corrected chi connectivity index (χ2v) is 9.40. The number of allylic oxidation sites excluding steroid dienone is 4. The van der Waals surface area contributed by atoms with Crippen LogP contribution in [0.25, 0.3) is 22.7 Å². The molecule has 40 heavy (non-hydrogen) atoms. The summed E-state index contributed by atoms with van der Waals surface area (Å²) in [6, 6.07) is 14.6. The van der Waals surface area contributed by atoms with E-state index in [4.69, 9.17) is 9.15 Å². The Morgan fingerprint density at radius 1 is 1.00 bits per heavy atom. The number of hydrogen-bond donors (Lipinski definition) is 1. The van der Waals surface area contributed by atoms with E-state index in [0.717, 1.165) is 11.1 Å². The molecule has 1 unspecified atom stereocenters. The predicted molar refractivity (Wildman–Crippen MR) is 142 cm³/mol. The number of nitrogens with zero attached hydrogens (tertiary/aromatic N) is 6. The van der Waals surface area contributed by atoms with Gasteiger partial charge in [0.2, 0.25) is 5.89 Å². The van der Waals surface area contributed by atoms with E-state index in [0.29, 0.717) is 49.7 Å². The third-order valence-corrected chi connectivity index (χ3v) is 6.92. The Bertz CT molecular complexity index is 1560. The maximum atomic E-state index is 12.9. The van der Waals surface area contributed by atoms with E-state index in [1.807, 2.05) is 66.9 Å². The molecule has 3 heterocycles. The quantitative estimate of drug-likeness (QED) is 0.361. The summed E-state index contributed by atoms with van der Waals surface area (Å²) in [7, 11) is 0. The van der Waals surface area contributed by atoms with Gasteiger partial charge in [-0.2, -0.15) is 8.78 Å². The number of ether oxygens (including phenoxy) is 1. The number of alkyl halides is 2. The lowest BCUT2D eigenvalue weighted by atomic mass is 9.83. The van der Waals surface area contributed by atoms with Crippen LogP contribution in [-0.2, 0) is 10.3 Å². The van der Waals surface area contributed by atoms with Crippen LogP contribution >= 0.6 is 0 Å². The van der Waals surface area contributed by atoms with Crippen molar-refractivity contribution in [1.82, 2.24) is 30.1 Å². The fraction of sp³-hybridized carbons (Fsp3) is 0.250. The maximum absolute atomic E-state index is 12.9. The van der Waals surface area contributed by atoms with Crippen molar-refractivity contribution < 1.29 is 22.7 Å². The van der Waals surface area contributed by atoms with Crippen LogP contribution in [-0.4, -0.2) is 62.4 Å². The minimum Gasteiger partial charge on any atom is -0.415 e. The Labute approximate surface area is 228 Å². The van der Waals surface area contributed by atoms with Crippen molar-refractivity contribution >= 4 is 11.7 Å². The third-order valence-electron chi connectivity index (χ3n) is 6.92. The van der Waals surface area contributed by atoms with Gasteiger partial charge < -0.3 is 19.4 Å². The molecule has 2 amide bonds. The highest BCUT2D eigenvalue weighted by Crippen LogP contribution is 2.36. The summed E-state index contributed by atoms with van der Waals surface area (Å²) in [5.74, 6) is -0.686. The summed E-state index contributed by atoms with van der Waals surface area (Å²) in [4.78, 5) is 14.4. The van der Waals surface area contributed by atoms with Gasteiger partial charge in [0.05, 0.1) is 19.4 Å². The van der Waals surface area contributed by atoms with Crippen molar-refractivity contribution in [2.24, 2.45) is 0 Å². The second-order valence-electron chi connectivity index (χ2n) is 9.40. The van der Waals surface area contributed by atoms with E-state index < -0.39 is 17.9 Å². The van der Waals surface area contributed by atoms with E-state index >= 15 is 0 Å². The number of benzene rings is 2. The van der Waals surface area contributed by atoms with E-state index in [1.165, 1.54) is 0 Å². The van der Waals surface area contributed by atoms with Crippen LogP contribution in [0.5, 0.6) is 0 Å². The average molecular weight is 546 g/mol. The molecule has 0 radical (unpaired) electrons. The highest BCUT2D eigenvalue weighted by atomic mass is 19.3. The molecule has 0 spiro atoms. The number of halogens is 2. The van der Waals surface area contributed by atoms with Gasteiger partial charge in [0, 0.05) is 29.9 Å². The smallest absolute Gasteiger partial charge is 0.321 e. The monoisotopic (exact) mass is 545 g/mol. The van der Waals surface area contributed by atoms with Crippen LogP contribution in [0, 0.1) is 0 Å². The van der Waals surface area contributed by atoms with E-state index in [-0.39, 0.29) is 11.9 Å². The molecule has 1 fully saturated rings. The molecular formula is C28H25F2N7O3. The average Bonchev–Trinajstić information content (AvgIpc) is 3.70. The van der Waals surface area contributed by atoms with Gasteiger partial charge in [0.25, 0.3) is 5.89 Å². The first-order chi connectivity index (χ1) is 19.5. The van der Waals surface area contributed by atoms with Crippen LogP contribution < -0.4 is 5.32 Å². The van der Waals surface area contributed by atoms with Crippen LogP contribution in [0.4, 0.5) is 19.3 Å². The predicted octanol–water partition coefficient (Wildman–Crippen LogP) is 5.06. The van der Waals surface area contributed by atoms with Gasteiger partial charge >= 0.3 is 12.5 Å². The molecule has 0 bridgehead atoms. The van der Waals surface area contributed by atoms with Gasteiger partial charge in [-0.15, -0.1) is 15.3 Å². The normalized spacial score (nSPS) is 18.8. The summed E-state index contributed by atoms with van der Waals surface area (Å²) in [5.41, 5.74) is 2.89. The second kappa shape index (κ2) is 10.8. The number of carbonyl (C=O) groups is 1. The Balaban J connectivity index is 1.26. The Morgan fingerprint density at radius 2 is 1.82 bits per heavy atom. The molecule has 4 aromatic rings. The molecule has 204 valence electrons. The third kappa shape index (κ3) is 5.00. The number of urea groups is 1. The number of nitrogens with one attached hydrogen (secondary N) is 1. The zero-order valence-electron chi connectivity index (χ0n) is 21.3. The topological polar surface area (TPSA) is 111 Å². The molecular weight excluding hydrogens is 520 g/mol. The standard InChI is InChI=1S/C28H25F2N7O3/c29-24(30)26-34-33-25(40-26)19-7-9-21(10-8-19)28(11-2-1-3-12-28)37-18-23(32-35-37)20-5-4-6-22(17-20)31-27(38)36-13-15-39-16-14-36/h1-11,17-18,24H,12-16H2,(H,31,38). The molecule has 12 heteroatoms. The fourth-order valence-electron chi connectivity index (χ4n) is 4.78. The van der Waals surface area contributed by atoms with Crippen molar-refractivity contribution in [2.75, 3.05) is 31.6 Å². The number of anilines is 1. The maximum Gasteiger partial charge on any atom is 0.321 e. The Kier molecular flexibility index (Phi) is 6.91. The minimum absolute atomic E-state index is 0.0265. The lowest BCUT2D eigenvalue weighted by Gasteiger charge is -2.32. The van der Waals surface area contributed by atoms with Gasteiger partial charge in [-0.05, 0) is 36.2 Å². The van der Waals surface area contributed by atoms with Crippen molar-refractivity contribution in [3.8, 4) is 22.7 Å². The van der Waals surface area contributed by atoms with Gasteiger partial charge in [-0.1, -0.05) is 53.8 Å². The molecule has 10 nitrogen and oxygen atoms in total. The van der Waals surface area contributed by atoms with E-state index in [9.17, 15) is 13.6 Å². The number of morpholine rings is 1. The van der Waals surface area contributed by atoms with E-state index in [1.54, 1.807) is 21.7 Å². The van der Waals surface area contributed by atoms with E-state index in [2.05, 4.69) is 25.8 Å². The molecule has 2 aliphatic rings. The SMILES string of the molecule is O=C(Nc1cccc(-c2cn(C3(c4ccc(-c5nnc(C(F)F)o5)cc4)C=CC=CC3)nn2)c1)N1CCOCC1. The molecule has 1 aliphatic carbocycles. The number of rotatable bonds is 6. The lowest BCUT2D eigenvalue weighted by molar-refractivity contribution is 0.0564. The highest BCUT2D eigenvalue weighted by Gasteiger charge is 2.33. The highest BCUT2D eigenvalue weighted by molar-refractivity contribution is 5.90. The van der Waals surface area contributed by atoms with Crippen molar-refractivity contribution in [3.05, 3.63) is 90.5 Å². The number of aromatic nitrogens is 5. The van der Waals surface area contributed by atoms with Crippen molar-refractivity contribution in [2.45, 2.75) is 18.4 Å². The fourth-order valence-corrected chi connectivity index (χ4v) is 4.78. The molecule has 1 aliphatic heterocycles. The van der Waals surface area contributed by atoms with Crippen molar-refractivity contribution in [1.29, 1.82) is 0 Å². The molecule has 2 aromatic heterocycles.